The maximum absolute atomic E-state index is 12.0. The van der Waals surface area contributed by atoms with E-state index < -0.39 is 20.4 Å². The maximum Gasteiger partial charge on any atom is 0.288 e. The Labute approximate surface area is 184 Å². The zero-order chi connectivity index (χ0) is 22.7. The number of sulfone groups is 1. The Kier molecular flexibility index (Phi) is 5.69. The van der Waals surface area contributed by atoms with E-state index in [1.54, 1.807) is 17.1 Å². The van der Waals surface area contributed by atoms with Crippen LogP contribution in [0.2, 0.25) is 0 Å². The smallest absolute Gasteiger partial charge is 0.288 e. The van der Waals surface area contributed by atoms with Gasteiger partial charge >= 0.3 is 0 Å². The van der Waals surface area contributed by atoms with Crippen LogP contribution in [-0.2, 0) is 16.4 Å². The zero-order valence-corrected chi connectivity index (χ0v) is 17.9. The largest absolute Gasteiger partial charge is 0.381 e. The molecule has 0 saturated heterocycles. The molecule has 1 N–H and O–H groups in total. The van der Waals surface area contributed by atoms with Crippen molar-refractivity contribution in [2.75, 3.05) is 11.6 Å². The minimum Gasteiger partial charge on any atom is -0.381 e. The normalized spacial score (nSPS) is 11.3. The van der Waals surface area contributed by atoms with Crippen molar-refractivity contribution < 1.29 is 13.3 Å². The summed E-state index contributed by atoms with van der Waals surface area (Å²) in [6.07, 6.45) is 6.21. The highest BCUT2D eigenvalue weighted by Gasteiger charge is 2.22. The van der Waals surface area contributed by atoms with Crippen LogP contribution in [0.4, 0.5) is 11.4 Å². The minimum absolute atomic E-state index is 0.325. The van der Waals surface area contributed by atoms with Crippen LogP contribution >= 0.6 is 0 Å². The zero-order valence-electron chi connectivity index (χ0n) is 17.0. The molecule has 162 valence electrons. The Bertz CT molecular complexity index is 1370. The number of nitrogens with one attached hydrogen (secondary N) is 1. The summed E-state index contributed by atoms with van der Waals surface area (Å²) in [5.41, 5.74) is 3.38. The van der Waals surface area contributed by atoms with Gasteiger partial charge in [0, 0.05) is 54.3 Å². The average Bonchev–Trinajstić information content (AvgIpc) is 3.22. The van der Waals surface area contributed by atoms with Gasteiger partial charge in [-0.15, -0.1) is 0 Å². The van der Waals surface area contributed by atoms with Crippen molar-refractivity contribution in [2.45, 2.75) is 11.4 Å². The topological polar surface area (TPSA) is 120 Å². The Morgan fingerprint density at radius 1 is 1.06 bits per heavy atom. The Morgan fingerprint density at radius 3 is 2.44 bits per heavy atom. The van der Waals surface area contributed by atoms with Gasteiger partial charge in [-0.2, -0.15) is 5.10 Å². The van der Waals surface area contributed by atoms with E-state index in [-0.39, 0.29) is 4.90 Å². The summed E-state index contributed by atoms with van der Waals surface area (Å²) in [4.78, 5) is 14.2. The molecule has 0 aliphatic heterocycles. The number of aromatic nitrogens is 3. The van der Waals surface area contributed by atoms with Crippen LogP contribution in [0.25, 0.3) is 16.9 Å². The third-order valence-electron chi connectivity index (χ3n) is 4.80. The SMILES string of the molecule is CS(=O)(=O)c1cc(NCc2cn(-c3ccccc3)nc2-c2ccncc2)ccc1[N+](=O)[O-]. The predicted octanol–water partition coefficient (Wildman–Crippen LogP) is 3.86. The highest BCUT2D eigenvalue weighted by Crippen LogP contribution is 2.28. The van der Waals surface area contributed by atoms with Gasteiger partial charge in [-0.25, -0.2) is 13.1 Å². The van der Waals surface area contributed by atoms with Gasteiger partial charge in [0.25, 0.3) is 5.69 Å². The van der Waals surface area contributed by atoms with Crippen molar-refractivity contribution in [1.82, 2.24) is 14.8 Å². The second kappa shape index (κ2) is 8.60. The Hall–Kier alpha value is -4.05. The van der Waals surface area contributed by atoms with Crippen LogP contribution < -0.4 is 5.32 Å². The fraction of sp³-hybridized carbons (Fsp3) is 0.0909. The van der Waals surface area contributed by atoms with Crippen LogP contribution in [-0.4, -0.2) is 34.4 Å². The number of para-hydroxylation sites is 1. The molecule has 0 atom stereocenters. The molecule has 2 aromatic heterocycles. The first kappa shape index (κ1) is 21.2. The summed E-state index contributed by atoms with van der Waals surface area (Å²) >= 11 is 0. The van der Waals surface area contributed by atoms with E-state index in [1.165, 1.54) is 18.2 Å². The molecule has 2 aromatic carbocycles. The molecule has 0 amide bonds. The summed E-state index contributed by atoms with van der Waals surface area (Å²) in [5.74, 6) is 0. The van der Waals surface area contributed by atoms with Crippen molar-refractivity contribution >= 4 is 21.2 Å². The third kappa shape index (κ3) is 4.49. The summed E-state index contributed by atoms with van der Waals surface area (Å²) in [5, 5.41) is 19.1. The van der Waals surface area contributed by atoms with E-state index in [0.717, 1.165) is 28.8 Å². The number of benzene rings is 2. The first-order valence-electron chi connectivity index (χ1n) is 9.59. The van der Waals surface area contributed by atoms with Gasteiger partial charge in [0.05, 0.1) is 16.3 Å². The Morgan fingerprint density at radius 2 is 1.78 bits per heavy atom. The molecular weight excluding hydrogens is 430 g/mol. The number of rotatable bonds is 7. The molecule has 0 bridgehead atoms. The molecule has 0 saturated carbocycles. The molecular formula is C22H19N5O4S. The maximum atomic E-state index is 12.0. The molecule has 2 heterocycles. The van der Waals surface area contributed by atoms with Crippen molar-refractivity contribution in [3.05, 3.63) is 94.9 Å². The standard InChI is InChI=1S/C22H19N5O4S/c1-32(30,31)21-13-18(7-8-20(21)27(28)29)24-14-17-15-26(19-5-3-2-4-6-19)25-22(17)16-9-11-23-12-10-16/h2-13,15,24H,14H2,1H3. The number of nitro benzene ring substituents is 1. The number of hydrogen-bond donors (Lipinski definition) is 1. The number of anilines is 1. The lowest BCUT2D eigenvalue weighted by molar-refractivity contribution is -0.387. The highest BCUT2D eigenvalue weighted by molar-refractivity contribution is 7.90. The summed E-state index contributed by atoms with van der Waals surface area (Å²) < 4.78 is 25.8. The molecule has 0 radical (unpaired) electrons. The first-order chi connectivity index (χ1) is 15.3. The van der Waals surface area contributed by atoms with Gasteiger partial charge in [-0.3, -0.25) is 15.1 Å². The van der Waals surface area contributed by atoms with Gasteiger partial charge in [-0.1, -0.05) is 18.2 Å². The van der Waals surface area contributed by atoms with Gasteiger partial charge in [0.1, 0.15) is 4.90 Å². The number of nitro groups is 1. The van der Waals surface area contributed by atoms with Crippen LogP contribution in [0, 0.1) is 10.1 Å². The lowest BCUT2D eigenvalue weighted by Gasteiger charge is -2.09. The number of pyridine rings is 1. The first-order valence-corrected chi connectivity index (χ1v) is 11.5. The average molecular weight is 449 g/mol. The summed E-state index contributed by atoms with van der Waals surface area (Å²) in [7, 11) is -3.77. The predicted molar refractivity (Wildman–Crippen MR) is 120 cm³/mol. The summed E-state index contributed by atoms with van der Waals surface area (Å²) in [6.45, 7) is 0.325. The van der Waals surface area contributed by atoms with Gasteiger partial charge in [0.2, 0.25) is 0 Å². The lowest BCUT2D eigenvalue weighted by atomic mass is 10.1. The molecule has 0 fully saturated rings. The van der Waals surface area contributed by atoms with E-state index in [4.69, 9.17) is 5.10 Å². The van der Waals surface area contributed by atoms with Crippen molar-refractivity contribution in [1.29, 1.82) is 0 Å². The molecule has 0 aliphatic rings. The minimum atomic E-state index is -3.77. The molecule has 4 aromatic rings. The monoisotopic (exact) mass is 449 g/mol. The molecule has 0 unspecified atom stereocenters. The third-order valence-corrected chi connectivity index (χ3v) is 5.93. The number of hydrogen-bond acceptors (Lipinski definition) is 7. The van der Waals surface area contributed by atoms with E-state index in [9.17, 15) is 18.5 Å². The van der Waals surface area contributed by atoms with Crippen LogP contribution in [0.3, 0.4) is 0 Å². The summed E-state index contributed by atoms with van der Waals surface area (Å²) in [6, 6.07) is 17.3. The molecule has 10 heteroatoms. The van der Waals surface area contributed by atoms with Crippen molar-refractivity contribution in [3.63, 3.8) is 0 Å². The van der Waals surface area contributed by atoms with Gasteiger partial charge < -0.3 is 5.32 Å². The van der Waals surface area contributed by atoms with Crippen molar-refractivity contribution in [2.24, 2.45) is 0 Å². The van der Waals surface area contributed by atoms with Crippen LogP contribution in [0.1, 0.15) is 5.56 Å². The fourth-order valence-corrected chi connectivity index (χ4v) is 4.14. The quantitative estimate of drug-likeness (QED) is 0.336. The van der Waals surface area contributed by atoms with Crippen LogP contribution in [0.15, 0.2) is 84.1 Å². The molecule has 9 nitrogen and oxygen atoms in total. The van der Waals surface area contributed by atoms with Gasteiger partial charge in [-0.05, 0) is 36.4 Å². The lowest BCUT2D eigenvalue weighted by Crippen LogP contribution is -2.05. The molecule has 0 aliphatic carbocycles. The van der Waals surface area contributed by atoms with E-state index >= 15 is 0 Å². The van der Waals surface area contributed by atoms with Gasteiger partial charge in [0.15, 0.2) is 9.84 Å². The van der Waals surface area contributed by atoms with E-state index in [2.05, 4.69) is 10.3 Å². The molecule has 4 rings (SSSR count). The Balaban J connectivity index is 1.69. The van der Waals surface area contributed by atoms with E-state index in [1.807, 2.05) is 48.7 Å². The highest BCUT2D eigenvalue weighted by atomic mass is 32.2. The molecule has 32 heavy (non-hydrogen) atoms. The van der Waals surface area contributed by atoms with Crippen LogP contribution in [0.5, 0.6) is 0 Å². The number of nitrogens with zero attached hydrogens (tertiary/aromatic N) is 4. The second-order valence-corrected chi connectivity index (χ2v) is 9.07. The second-order valence-electron chi connectivity index (χ2n) is 7.08. The van der Waals surface area contributed by atoms with Crippen molar-refractivity contribution in [3.8, 4) is 16.9 Å². The fourth-order valence-electron chi connectivity index (χ4n) is 3.27. The molecule has 0 spiro atoms. The van der Waals surface area contributed by atoms with E-state index in [0.29, 0.717) is 12.2 Å².